The van der Waals surface area contributed by atoms with Gasteiger partial charge < -0.3 is 15.8 Å². The first-order chi connectivity index (χ1) is 8.20. The van der Waals surface area contributed by atoms with E-state index in [0.29, 0.717) is 17.7 Å². The maximum atomic E-state index is 8.65. The predicted molar refractivity (Wildman–Crippen MR) is 65.1 cm³/mol. The molecule has 5 nitrogen and oxygen atoms in total. The average Bonchev–Trinajstić information content (AvgIpc) is 2.84. The second-order valence-electron chi connectivity index (χ2n) is 4.98. The summed E-state index contributed by atoms with van der Waals surface area (Å²) in [6.07, 6.45) is 1.89. The fourth-order valence-corrected chi connectivity index (χ4v) is 2.87. The van der Waals surface area contributed by atoms with Gasteiger partial charge in [0.2, 0.25) is 0 Å². The molecule has 0 aromatic carbocycles. The summed E-state index contributed by atoms with van der Waals surface area (Å²) in [4.78, 5) is 6.69. The van der Waals surface area contributed by atoms with Crippen molar-refractivity contribution in [2.45, 2.75) is 6.92 Å². The number of rotatable bonds is 2. The highest BCUT2D eigenvalue weighted by atomic mass is 16.4. The van der Waals surface area contributed by atoms with Crippen LogP contribution in [0.1, 0.15) is 5.56 Å². The van der Waals surface area contributed by atoms with E-state index < -0.39 is 0 Å². The number of oxime groups is 1. The SMILES string of the molecule is Cc1ccc(N2CC3C(C2)C3C(N)=NO)nc1. The highest BCUT2D eigenvalue weighted by Crippen LogP contribution is 2.52. The number of hydrogen-bond donors (Lipinski definition) is 2. The van der Waals surface area contributed by atoms with Gasteiger partial charge in [-0.2, -0.15) is 0 Å². The van der Waals surface area contributed by atoms with Gasteiger partial charge in [-0.05, 0) is 30.4 Å². The van der Waals surface area contributed by atoms with Crippen LogP contribution in [-0.2, 0) is 0 Å². The zero-order chi connectivity index (χ0) is 12.0. The minimum absolute atomic E-state index is 0.279. The van der Waals surface area contributed by atoms with Crippen LogP contribution in [0.4, 0.5) is 5.82 Å². The van der Waals surface area contributed by atoms with Crippen molar-refractivity contribution in [3.05, 3.63) is 23.9 Å². The van der Waals surface area contributed by atoms with E-state index in [1.165, 1.54) is 5.56 Å². The molecule has 0 bridgehead atoms. The molecule has 2 unspecified atom stereocenters. The van der Waals surface area contributed by atoms with Crippen molar-refractivity contribution in [1.29, 1.82) is 0 Å². The van der Waals surface area contributed by atoms with Crippen LogP contribution in [0, 0.1) is 24.7 Å². The maximum Gasteiger partial charge on any atom is 0.142 e. The third kappa shape index (κ3) is 1.62. The molecule has 3 rings (SSSR count). The topological polar surface area (TPSA) is 74.7 Å². The molecule has 2 fully saturated rings. The fraction of sp³-hybridized carbons (Fsp3) is 0.500. The van der Waals surface area contributed by atoms with E-state index in [1.54, 1.807) is 0 Å². The first kappa shape index (κ1) is 10.4. The first-order valence-electron chi connectivity index (χ1n) is 5.85. The van der Waals surface area contributed by atoms with Crippen molar-refractivity contribution in [1.82, 2.24) is 4.98 Å². The Bertz CT molecular complexity index is 444. The quantitative estimate of drug-likeness (QED) is 0.342. The van der Waals surface area contributed by atoms with Gasteiger partial charge in [0.1, 0.15) is 11.7 Å². The molecular formula is C12H16N4O. The molecule has 1 aliphatic heterocycles. The highest BCUT2D eigenvalue weighted by molar-refractivity contribution is 5.86. The maximum absolute atomic E-state index is 8.65. The first-order valence-corrected chi connectivity index (χ1v) is 5.85. The van der Waals surface area contributed by atoms with Crippen molar-refractivity contribution in [3.8, 4) is 0 Å². The normalized spacial score (nSPS) is 31.5. The van der Waals surface area contributed by atoms with E-state index in [4.69, 9.17) is 10.9 Å². The number of piperidine rings is 1. The van der Waals surface area contributed by atoms with Gasteiger partial charge in [0.25, 0.3) is 0 Å². The number of amidine groups is 1. The Labute approximate surface area is 99.9 Å². The van der Waals surface area contributed by atoms with Crippen molar-refractivity contribution >= 4 is 11.7 Å². The van der Waals surface area contributed by atoms with Crippen molar-refractivity contribution in [3.63, 3.8) is 0 Å². The predicted octanol–water partition coefficient (Wildman–Crippen LogP) is 0.819. The van der Waals surface area contributed by atoms with E-state index in [9.17, 15) is 0 Å². The van der Waals surface area contributed by atoms with Crippen LogP contribution in [0.5, 0.6) is 0 Å². The van der Waals surface area contributed by atoms with E-state index in [2.05, 4.69) is 27.2 Å². The molecule has 1 saturated carbocycles. The summed E-state index contributed by atoms with van der Waals surface area (Å²) in [5.41, 5.74) is 6.81. The zero-order valence-corrected chi connectivity index (χ0v) is 9.74. The summed E-state index contributed by atoms with van der Waals surface area (Å²) in [6, 6.07) is 4.13. The lowest BCUT2D eigenvalue weighted by Gasteiger charge is -2.20. The van der Waals surface area contributed by atoms with E-state index in [0.717, 1.165) is 18.9 Å². The largest absolute Gasteiger partial charge is 0.409 e. The Kier molecular flexibility index (Phi) is 2.21. The lowest BCUT2D eigenvalue weighted by atomic mass is 10.2. The van der Waals surface area contributed by atoms with Gasteiger partial charge in [-0.3, -0.25) is 0 Å². The third-order valence-corrected chi connectivity index (χ3v) is 3.87. The van der Waals surface area contributed by atoms with Gasteiger partial charge in [-0.15, -0.1) is 0 Å². The molecule has 0 radical (unpaired) electrons. The number of fused-ring (bicyclic) bond motifs is 1. The average molecular weight is 232 g/mol. The van der Waals surface area contributed by atoms with Gasteiger partial charge in [-0.1, -0.05) is 11.2 Å². The molecule has 1 aliphatic carbocycles. The monoisotopic (exact) mass is 232 g/mol. The molecule has 2 heterocycles. The molecule has 5 heteroatoms. The molecule has 90 valence electrons. The lowest BCUT2D eigenvalue weighted by Crippen LogP contribution is -2.29. The number of pyridine rings is 1. The summed E-state index contributed by atoms with van der Waals surface area (Å²) in [7, 11) is 0. The molecule has 2 atom stereocenters. The second kappa shape index (κ2) is 3.61. The summed E-state index contributed by atoms with van der Waals surface area (Å²) in [6.45, 7) is 3.95. The Morgan fingerprint density at radius 3 is 2.71 bits per heavy atom. The van der Waals surface area contributed by atoms with E-state index >= 15 is 0 Å². The molecule has 17 heavy (non-hydrogen) atoms. The number of nitrogens with zero attached hydrogens (tertiary/aromatic N) is 3. The van der Waals surface area contributed by atoms with Gasteiger partial charge in [-0.25, -0.2) is 4.98 Å². The Morgan fingerprint density at radius 2 is 2.18 bits per heavy atom. The molecule has 0 spiro atoms. The molecule has 1 aromatic heterocycles. The van der Waals surface area contributed by atoms with Crippen molar-refractivity contribution in [2.24, 2.45) is 28.6 Å². The molecule has 3 N–H and O–H groups in total. The lowest BCUT2D eigenvalue weighted by molar-refractivity contribution is 0.315. The van der Waals surface area contributed by atoms with Crippen LogP contribution in [0.2, 0.25) is 0 Å². The Hall–Kier alpha value is -1.78. The summed E-state index contributed by atoms with van der Waals surface area (Å²) in [5, 5.41) is 11.8. The fourth-order valence-electron chi connectivity index (χ4n) is 2.87. The van der Waals surface area contributed by atoms with Crippen LogP contribution >= 0.6 is 0 Å². The number of aryl methyl sites for hydroxylation is 1. The van der Waals surface area contributed by atoms with Crippen molar-refractivity contribution < 1.29 is 5.21 Å². The van der Waals surface area contributed by atoms with Crippen LogP contribution in [-0.4, -0.2) is 29.1 Å². The smallest absolute Gasteiger partial charge is 0.142 e. The molecular weight excluding hydrogens is 216 g/mol. The Balaban J connectivity index is 1.67. The standard InChI is InChI=1S/C12H16N4O/c1-7-2-3-10(14-4-7)16-5-8-9(6-16)11(8)12(13)15-17/h2-4,8-9,11,17H,5-6H2,1H3,(H2,13,15). The summed E-state index contributed by atoms with van der Waals surface area (Å²) >= 11 is 0. The Morgan fingerprint density at radius 1 is 1.47 bits per heavy atom. The van der Waals surface area contributed by atoms with E-state index in [1.807, 2.05) is 13.1 Å². The molecule has 0 amide bonds. The minimum Gasteiger partial charge on any atom is -0.409 e. The third-order valence-electron chi connectivity index (χ3n) is 3.87. The van der Waals surface area contributed by atoms with Crippen LogP contribution in [0.3, 0.4) is 0 Å². The summed E-state index contributed by atoms with van der Waals surface area (Å²) in [5.74, 6) is 2.77. The number of hydrogen-bond acceptors (Lipinski definition) is 4. The highest BCUT2D eigenvalue weighted by Gasteiger charge is 2.58. The number of nitrogens with two attached hydrogens (primary N) is 1. The molecule has 1 aromatic rings. The summed E-state index contributed by atoms with van der Waals surface area (Å²) < 4.78 is 0. The molecule has 2 aliphatic rings. The molecule has 1 saturated heterocycles. The zero-order valence-electron chi connectivity index (χ0n) is 9.74. The number of anilines is 1. The van der Waals surface area contributed by atoms with Gasteiger partial charge in [0, 0.05) is 25.2 Å². The second-order valence-corrected chi connectivity index (χ2v) is 4.98. The van der Waals surface area contributed by atoms with Gasteiger partial charge >= 0.3 is 0 Å². The van der Waals surface area contributed by atoms with Crippen LogP contribution < -0.4 is 10.6 Å². The number of aromatic nitrogens is 1. The van der Waals surface area contributed by atoms with Gasteiger partial charge in [0.05, 0.1) is 0 Å². The van der Waals surface area contributed by atoms with Crippen LogP contribution in [0.25, 0.3) is 0 Å². The minimum atomic E-state index is 0.279. The van der Waals surface area contributed by atoms with Crippen molar-refractivity contribution in [2.75, 3.05) is 18.0 Å². The van der Waals surface area contributed by atoms with E-state index in [-0.39, 0.29) is 5.92 Å². The van der Waals surface area contributed by atoms with Crippen LogP contribution in [0.15, 0.2) is 23.5 Å². The van der Waals surface area contributed by atoms with Gasteiger partial charge in [0.15, 0.2) is 0 Å².